The van der Waals surface area contributed by atoms with Crippen molar-refractivity contribution in [3.8, 4) is 0 Å². The van der Waals surface area contributed by atoms with Gasteiger partial charge in [-0.1, -0.05) is 23.7 Å². The van der Waals surface area contributed by atoms with Crippen LogP contribution in [0.1, 0.15) is 12.1 Å². The molecule has 0 spiro atoms. The average Bonchev–Trinajstić information content (AvgIpc) is 3.01. The number of halogens is 1. The SMILES string of the molecule is NCC1CCN(C(=O)C=Cc2ccc3ccc(Cl)cc3n2)C1. The van der Waals surface area contributed by atoms with Gasteiger partial charge in [-0.05, 0) is 43.2 Å². The quantitative estimate of drug-likeness (QED) is 0.886. The van der Waals surface area contributed by atoms with Gasteiger partial charge in [-0.15, -0.1) is 0 Å². The molecule has 1 saturated heterocycles. The zero-order chi connectivity index (χ0) is 15.5. The molecule has 1 fully saturated rings. The smallest absolute Gasteiger partial charge is 0.246 e. The van der Waals surface area contributed by atoms with Crippen LogP contribution in [0.5, 0.6) is 0 Å². The zero-order valence-corrected chi connectivity index (χ0v) is 13.0. The molecule has 2 N–H and O–H groups in total. The Labute approximate surface area is 134 Å². The van der Waals surface area contributed by atoms with Crippen molar-refractivity contribution in [1.29, 1.82) is 0 Å². The second-order valence-corrected chi connectivity index (χ2v) is 6.02. The molecular weight excluding hydrogens is 298 g/mol. The first-order valence-electron chi connectivity index (χ1n) is 7.39. The number of fused-ring (bicyclic) bond motifs is 1. The van der Waals surface area contributed by atoms with Gasteiger partial charge >= 0.3 is 0 Å². The van der Waals surface area contributed by atoms with Crippen molar-refractivity contribution in [2.24, 2.45) is 11.7 Å². The van der Waals surface area contributed by atoms with Gasteiger partial charge in [-0.3, -0.25) is 4.79 Å². The molecule has 2 aromatic rings. The van der Waals surface area contributed by atoms with E-state index in [4.69, 9.17) is 17.3 Å². The van der Waals surface area contributed by atoms with Crippen molar-refractivity contribution < 1.29 is 4.79 Å². The van der Waals surface area contributed by atoms with Crippen molar-refractivity contribution in [3.63, 3.8) is 0 Å². The molecule has 1 aromatic carbocycles. The highest BCUT2D eigenvalue weighted by Crippen LogP contribution is 2.19. The van der Waals surface area contributed by atoms with E-state index in [-0.39, 0.29) is 5.91 Å². The Morgan fingerprint density at radius 2 is 2.23 bits per heavy atom. The molecule has 5 heteroatoms. The predicted octanol–water partition coefficient (Wildman–Crippen LogP) is 2.71. The highest BCUT2D eigenvalue weighted by molar-refractivity contribution is 6.31. The van der Waals surface area contributed by atoms with Crippen LogP contribution in [-0.4, -0.2) is 35.4 Å². The lowest BCUT2D eigenvalue weighted by molar-refractivity contribution is -0.125. The molecule has 0 radical (unpaired) electrons. The highest BCUT2D eigenvalue weighted by Gasteiger charge is 2.23. The fraction of sp³-hybridized carbons (Fsp3) is 0.294. The molecule has 1 aliphatic heterocycles. The number of pyridine rings is 1. The molecule has 1 aliphatic rings. The summed E-state index contributed by atoms with van der Waals surface area (Å²) in [6.45, 7) is 2.17. The monoisotopic (exact) mass is 315 g/mol. The summed E-state index contributed by atoms with van der Waals surface area (Å²) in [4.78, 5) is 18.5. The molecular formula is C17H18ClN3O. The van der Waals surface area contributed by atoms with Gasteiger partial charge in [0.25, 0.3) is 0 Å². The molecule has 0 saturated carbocycles. The Hall–Kier alpha value is -1.91. The number of hydrogen-bond donors (Lipinski definition) is 1. The van der Waals surface area contributed by atoms with Gasteiger partial charge < -0.3 is 10.6 Å². The third-order valence-electron chi connectivity index (χ3n) is 4.00. The van der Waals surface area contributed by atoms with Crippen LogP contribution in [0.4, 0.5) is 0 Å². The second-order valence-electron chi connectivity index (χ2n) is 5.58. The van der Waals surface area contributed by atoms with Crippen molar-refractivity contribution in [3.05, 3.63) is 47.1 Å². The Morgan fingerprint density at radius 3 is 3.00 bits per heavy atom. The highest BCUT2D eigenvalue weighted by atomic mass is 35.5. The van der Waals surface area contributed by atoms with Crippen LogP contribution in [0.2, 0.25) is 5.02 Å². The van der Waals surface area contributed by atoms with E-state index in [9.17, 15) is 4.79 Å². The van der Waals surface area contributed by atoms with Gasteiger partial charge in [0, 0.05) is 29.6 Å². The fourth-order valence-electron chi connectivity index (χ4n) is 2.69. The molecule has 1 amide bonds. The number of benzene rings is 1. The topological polar surface area (TPSA) is 59.2 Å². The minimum atomic E-state index is 0.0175. The van der Waals surface area contributed by atoms with Gasteiger partial charge in [-0.2, -0.15) is 0 Å². The number of carbonyl (C=O) groups is 1. The number of rotatable bonds is 3. The van der Waals surface area contributed by atoms with Gasteiger partial charge in [0.2, 0.25) is 5.91 Å². The molecule has 1 unspecified atom stereocenters. The molecule has 4 nitrogen and oxygen atoms in total. The van der Waals surface area contributed by atoms with E-state index >= 15 is 0 Å². The van der Waals surface area contributed by atoms with Crippen LogP contribution in [0, 0.1) is 5.92 Å². The number of carbonyl (C=O) groups excluding carboxylic acids is 1. The summed E-state index contributed by atoms with van der Waals surface area (Å²) < 4.78 is 0. The van der Waals surface area contributed by atoms with Gasteiger partial charge in [-0.25, -0.2) is 4.98 Å². The molecule has 0 bridgehead atoms. The number of likely N-dealkylation sites (tertiary alicyclic amines) is 1. The Balaban J connectivity index is 1.73. The summed E-state index contributed by atoms with van der Waals surface area (Å²) in [5.74, 6) is 0.447. The van der Waals surface area contributed by atoms with E-state index in [1.165, 1.54) is 0 Å². The van der Waals surface area contributed by atoms with E-state index in [0.717, 1.165) is 36.1 Å². The third kappa shape index (κ3) is 3.29. The summed E-state index contributed by atoms with van der Waals surface area (Å²) >= 11 is 5.98. The maximum absolute atomic E-state index is 12.1. The Morgan fingerprint density at radius 1 is 1.41 bits per heavy atom. The molecule has 22 heavy (non-hydrogen) atoms. The maximum Gasteiger partial charge on any atom is 0.246 e. The standard InChI is InChI=1S/C17H18ClN3O/c18-14-3-1-13-2-4-15(20-16(13)9-14)5-6-17(22)21-8-7-12(10-19)11-21/h1-6,9,12H,7-8,10-11,19H2. The van der Waals surface area contributed by atoms with E-state index in [1.807, 2.05) is 35.2 Å². The summed E-state index contributed by atoms with van der Waals surface area (Å²) in [6.07, 6.45) is 4.32. The average molecular weight is 316 g/mol. The number of aromatic nitrogens is 1. The lowest BCUT2D eigenvalue weighted by Crippen LogP contribution is -2.28. The van der Waals surface area contributed by atoms with E-state index < -0.39 is 0 Å². The molecule has 2 heterocycles. The molecule has 0 aliphatic carbocycles. The first-order chi connectivity index (χ1) is 10.7. The molecule has 1 atom stereocenters. The van der Waals surface area contributed by atoms with Gasteiger partial charge in [0.1, 0.15) is 0 Å². The fourth-order valence-corrected chi connectivity index (χ4v) is 2.85. The van der Waals surface area contributed by atoms with Crippen molar-refractivity contribution in [2.45, 2.75) is 6.42 Å². The Kier molecular flexibility index (Phi) is 4.41. The lowest BCUT2D eigenvalue weighted by Gasteiger charge is -2.13. The van der Waals surface area contributed by atoms with Crippen molar-refractivity contribution in [1.82, 2.24) is 9.88 Å². The van der Waals surface area contributed by atoms with Crippen LogP contribution in [0.3, 0.4) is 0 Å². The molecule has 1 aromatic heterocycles. The van der Waals surface area contributed by atoms with E-state index in [0.29, 0.717) is 17.5 Å². The number of hydrogen-bond acceptors (Lipinski definition) is 3. The number of nitrogens with two attached hydrogens (primary N) is 1. The first kappa shape index (κ1) is 15.0. The van der Waals surface area contributed by atoms with Crippen LogP contribution in [-0.2, 0) is 4.79 Å². The van der Waals surface area contributed by atoms with Gasteiger partial charge in [0.05, 0.1) is 11.2 Å². The van der Waals surface area contributed by atoms with Crippen LogP contribution < -0.4 is 5.73 Å². The normalized spacial score (nSPS) is 18.5. The van der Waals surface area contributed by atoms with Crippen molar-refractivity contribution >= 4 is 34.5 Å². The van der Waals surface area contributed by atoms with Crippen LogP contribution in [0.15, 0.2) is 36.4 Å². The van der Waals surface area contributed by atoms with Crippen LogP contribution >= 0.6 is 11.6 Å². The first-order valence-corrected chi connectivity index (χ1v) is 7.77. The van der Waals surface area contributed by atoms with Crippen molar-refractivity contribution in [2.75, 3.05) is 19.6 Å². The van der Waals surface area contributed by atoms with Crippen LogP contribution in [0.25, 0.3) is 17.0 Å². The summed E-state index contributed by atoms with van der Waals surface area (Å²) in [6, 6.07) is 9.46. The predicted molar refractivity (Wildman–Crippen MR) is 89.5 cm³/mol. The third-order valence-corrected chi connectivity index (χ3v) is 4.24. The largest absolute Gasteiger partial charge is 0.339 e. The minimum absolute atomic E-state index is 0.0175. The number of amides is 1. The summed E-state index contributed by atoms with van der Waals surface area (Å²) in [5.41, 5.74) is 7.22. The maximum atomic E-state index is 12.1. The molecule has 3 rings (SSSR count). The van der Waals surface area contributed by atoms with Gasteiger partial charge in [0.15, 0.2) is 0 Å². The Bertz CT molecular complexity index is 729. The minimum Gasteiger partial charge on any atom is -0.339 e. The zero-order valence-electron chi connectivity index (χ0n) is 12.2. The van der Waals surface area contributed by atoms with E-state index in [2.05, 4.69) is 4.98 Å². The lowest BCUT2D eigenvalue weighted by atomic mass is 10.1. The number of nitrogens with zero attached hydrogens (tertiary/aromatic N) is 2. The second kappa shape index (κ2) is 6.46. The molecule has 114 valence electrons. The summed E-state index contributed by atoms with van der Waals surface area (Å²) in [7, 11) is 0. The van der Waals surface area contributed by atoms with E-state index in [1.54, 1.807) is 12.2 Å². The summed E-state index contributed by atoms with van der Waals surface area (Å²) in [5, 5.41) is 1.68.